The molecule has 1 N–H and O–H groups in total. The van der Waals surface area contributed by atoms with Crippen molar-refractivity contribution in [2.24, 2.45) is 11.8 Å². The van der Waals surface area contributed by atoms with Gasteiger partial charge >= 0.3 is 5.97 Å². The Balaban J connectivity index is 1.50. The maximum Gasteiger partial charge on any atom is 0.308 e. The number of halogens is 1. The van der Waals surface area contributed by atoms with Crippen LogP contribution in [0.4, 0.5) is 5.69 Å². The molecule has 3 amide bonds. The number of rotatable bonds is 6. The summed E-state index contributed by atoms with van der Waals surface area (Å²) in [7, 11) is 0. The molecule has 1 aliphatic carbocycles. The molecule has 3 atom stereocenters. The number of benzene rings is 1. The Bertz CT molecular complexity index is 816. The zero-order chi connectivity index (χ0) is 21.1. The van der Waals surface area contributed by atoms with Gasteiger partial charge in [-0.15, -0.1) is 0 Å². The van der Waals surface area contributed by atoms with Crippen molar-refractivity contribution in [2.75, 3.05) is 11.9 Å². The van der Waals surface area contributed by atoms with Crippen LogP contribution in [0.5, 0.6) is 0 Å². The maximum atomic E-state index is 12.4. The Kier molecular flexibility index (Phi) is 6.57. The molecule has 1 saturated heterocycles. The smallest absolute Gasteiger partial charge is 0.308 e. The lowest BCUT2D eigenvalue weighted by Crippen LogP contribution is -2.35. The van der Waals surface area contributed by atoms with Crippen LogP contribution in [0, 0.1) is 18.8 Å². The van der Waals surface area contributed by atoms with Crippen molar-refractivity contribution >= 4 is 41.0 Å². The molecule has 7 nitrogen and oxygen atoms in total. The van der Waals surface area contributed by atoms with Crippen molar-refractivity contribution in [3.8, 4) is 0 Å². The highest BCUT2D eigenvalue weighted by Crippen LogP contribution is 2.38. The minimum absolute atomic E-state index is 0.00869. The van der Waals surface area contributed by atoms with Crippen LogP contribution in [0.1, 0.15) is 44.6 Å². The summed E-state index contributed by atoms with van der Waals surface area (Å²) in [6.45, 7) is 3.23. The first-order chi connectivity index (χ1) is 13.8. The summed E-state index contributed by atoms with van der Waals surface area (Å²) >= 11 is 6.04. The molecule has 1 saturated carbocycles. The van der Waals surface area contributed by atoms with Gasteiger partial charge in [0.25, 0.3) is 5.91 Å². The number of hydrogen-bond donors (Lipinski definition) is 1. The highest BCUT2D eigenvalue weighted by Gasteiger charge is 2.47. The highest BCUT2D eigenvalue weighted by molar-refractivity contribution is 6.31. The van der Waals surface area contributed by atoms with Crippen LogP contribution in [0.2, 0.25) is 5.02 Å². The Hall–Kier alpha value is -2.41. The van der Waals surface area contributed by atoms with Gasteiger partial charge in [0.2, 0.25) is 11.8 Å². The molecule has 0 aromatic heterocycles. The minimum Gasteiger partial charge on any atom is -0.452 e. The maximum absolute atomic E-state index is 12.4. The number of likely N-dealkylation sites (tertiary alicyclic amines) is 1. The predicted octanol–water partition coefficient (Wildman–Crippen LogP) is 3.08. The molecular weight excluding hydrogens is 396 g/mol. The SMILES string of the molecule is Cc1c(Cl)cccc1NC(=O)[C@H](C)OC(=O)CCN1C(=O)[C@H]2CCCC[C@H]2C1=O. The molecule has 2 aliphatic rings. The summed E-state index contributed by atoms with van der Waals surface area (Å²) < 4.78 is 5.17. The van der Waals surface area contributed by atoms with E-state index in [4.69, 9.17) is 16.3 Å². The second kappa shape index (κ2) is 8.95. The number of nitrogens with one attached hydrogen (secondary N) is 1. The van der Waals surface area contributed by atoms with E-state index in [1.54, 1.807) is 25.1 Å². The predicted molar refractivity (Wildman–Crippen MR) is 107 cm³/mol. The summed E-state index contributed by atoms with van der Waals surface area (Å²) in [5, 5.41) is 3.20. The molecule has 0 unspecified atom stereocenters. The van der Waals surface area contributed by atoms with Gasteiger partial charge in [0.15, 0.2) is 6.10 Å². The molecule has 8 heteroatoms. The number of esters is 1. The average Bonchev–Trinajstić information content (AvgIpc) is 2.94. The number of fused-ring (bicyclic) bond motifs is 1. The van der Waals surface area contributed by atoms with E-state index in [1.165, 1.54) is 11.8 Å². The lowest BCUT2D eigenvalue weighted by Gasteiger charge is -2.19. The van der Waals surface area contributed by atoms with E-state index < -0.39 is 18.0 Å². The molecule has 156 valence electrons. The van der Waals surface area contributed by atoms with Crippen LogP contribution in [0.15, 0.2) is 18.2 Å². The molecule has 2 fully saturated rings. The summed E-state index contributed by atoms with van der Waals surface area (Å²) in [6, 6.07) is 5.13. The largest absolute Gasteiger partial charge is 0.452 e. The summed E-state index contributed by atoms with van der Waals surface area (Å²) in [5.74, 6) is -1.96. The van der Waals surface area contributed by atoms with E-state index in [2.05, 4.69) is 5.32 Å². The molecule has 0 radical (unpaired) electrons. The summed E-state index contributed by atoms with van der Waals surface area (Å²) in [4.78, 5) is 50.5. The number of carbonyl (C=O) groups is 4. The van der Waals surface area contributed by atoms with Crippen molar-refractivity contribution in [3.63, 3.8) is 0 Å². The molecule has 1 aliphatic heterocycles. The van der Waals surface area contributed by atoms with E-state index in [-0.39, 0.29) is 36.6 Å². The third-order valence-corrected chi connectivity index (χ3v) is 6.08. The number of imide groups is 1. The van der Waals surface area contributed by atoms with Gasteiger partial charge in [0, 0.05) is 17.3 Å². The Morgan fingerprint density at radius 3 is 2.45 bits per heavy atom. The van der Waals surface area contributed by atoms with Gasteiger partial charge in [-0.2, -0.15) is 0 Å². The number of carbonyl (C=O) groups excluding carboxylic acids is 4. The monoisotopic (exact) mass is 420 g/mol. The third kappa shape index (κ3) is 4.61. The molecule has 0 spiro atoms. The van der Waals surface area contributed by atoms with E-state index in [9.17, 15) is 19.2 Å². The van der Waals surface area contributed by atoms with Gasteiger partial charge in [-0.1, -0.05) is 30.5 Å². The first-order valence-corrected chi connectivity index (χ1v) is 10.3. The van der Waals surface area contributed by atoms with Gasteiger partial charge < -0.3 is 10.1 Å². The highest BCUT2D eigenvalue weighted by atomic mass is 35.5. The van der Waals surface area contributed by atoms with Crippen LogP contribution in [-0.2, 0) is 23.9 Å². The fourth-order valence-electron chi connectivity index (χ4n) is 3.94. The molecule has 1 aromatic rings. The molecular formula is C21H25ClN2O5. The zero-order valence-corrected chi connectivity index (χ0v) is 17.3. The number of nitrogens with zero attached hydrogens (tertiary/aromatic N) is 1. The van der Waals surface area contributed by atoms with Crippen molar-refractivity contribution in [1.82, 2.24) is 4.90 Å². The lowest BCUT2D eigenvalue weighted by molar-refractivity contribution is -0.154. The van der Waals surface area contributed by atoms with Gasteiger partial charge in [0.1, 0.15) is 0 Å². The van der Waals surface area contributed by atoms with E-state index in [1.807, 2.05) is 0 Å². The van der Waals surface area contributed by atoms with Crippen LogP contribution < -0.4 is 5.32 Å². The van der Waals surface area contributed by atoms with Crippen LogP contribution in [0.3, 0.4) is 0 Å². The number of hydrogen-bond acceptors (Lipinski definition) is 5. The molecule has 29 heavy (non-hydrogen) atoms. The van der Waals surface area contributed by atoms with Crippen LogP contribution in [-0.4, -0.2) is 41.2 Å². The Morgan fingerprint density at radius 2 is 1.83 bits per heavy atom. The summed E-state index contributed by atoms with van der Waals surface area (Å²) in [5.41, 5.74) is 1.26. The minimum atomic E-state index is -1.02. The van der Waals surface area contributed by atoms with Crippen molar-refractivity contribution in [2.45, 2.75) is 52.1 Å². The molecule has 1 heterocycles. The fourth-order valence-corrected chi connectivity index (χ4v) is 4.12. The van der Waals surface area contributed by atoms with E-state index in [0.717, 1.165) is 25.7 Å². The lowest BCUT2D eigenvalue weighted by atomic mass is 9.81. The average molecular weight is 421 g/mol. The van der Waals surface area contributed by atoms with Gasteiger partial charge in [-0.25, -0.2) is 0 Å². The second-order valence-corrected chi connectivity index (χ2v) is 8.02. The molecule has 3 rings (SSSR count). The first-order valence-electron chi connectivity index (χ1n) is 9.90. The van der Waals surface area contributed by atoms with E-state index in [0.29, 0.717) is 16.3 Å². The number of amides is 3. The normalized spacial score (nSPS) is 22.2. The standard InChI is InChI=1S/C21H25ClN2O5/c1-12-16(22)8-5-9-17(12)23-19(26)13(2)29-18(25)10-11-24-20(27)14-6-3-4-7-15(14)21(24)28/h5,8-9,13-15H,3-4,6-7,10-11H2,1-2H3,(H,23,26)/t13-,14-,15+/m0/s1. The fraction of sp³-hybridized carbons (Fsp3) is 0.524. The van der Waals surface area contributed by atoms with Crippen molar-refractivity contribution < 1.29 is 23.9 Å². The third-order valence-electron chi connectivity index (χ3n) is 5.67. The number of ether oxygens (including phenoxy) is 1. The Morgan fingerprint density at radius 1 is 1.21 bits per heavy atom. The van der Waals surface area contributed by atoms with E-state index >= 15 is 0 Å². The van der Waals surface area contributed by atoms with Gasteiger partial charge in [-0.3, -0.25) is 24.1 Å². The summed E-state index contributed by atoms with van der Waals surface area (Å²) in [6.07, 6.45) is 2.22. The second-order valence-electron chi connectivity index (χ2n) is 7.61. The number of anilines is 1. The van der Waals surface area contributed by atoms with Gasteiger partial charge in [0.05, 0.1) is 18.3 Å². The van der Waals surface area contributed by atoms with Crippen molar-refractivity contribution in [3.05, 3.63) is 28.8 Å². The van der Waals surface area contributed by atoms with Crippen LogP contribution in [0.25, 0.3) is 0 Å². The van der Waals surface area contributed by atoms with Crippen LogP contribution >= 0.6 is 11.6 Å². The zero-order valence-electron chi connectivity index (χ0n) is 16.6. The van der Waals surface area contributed by atoms with Gasteiger partial charge in [-0.05, 0) is 44.4 Å². The quantitative estimate of drug-likeness (QED) is 0.564. The topological polar surface area (TPSA) is 92.8 Å². The Labute approximate surface area is 174 Å². The molecule has 0 bridgehead atoms. The van der Waals surface area contributed by atoms with Crippen molar-refractivity contribution in [1.29, 1.82) is 0 Å². The molecule has 1 aromatic carbocycles. The first kappa shape index (κ1) is 21.3.